The van der Waals surface area contributed by atoms with E-state index < -0.39 is 0 Å². The first-order valence-corrected chi connectivity index (χ1v) is 6.42. The summed E-state index contributed by atoms with van der Waals surface area (Å²) in [6.07, 6.45) is 5.47. The van der Waals surface area contributed by atoms with Crippen LogP contribution in [0.15, 0.2) is 0 Å². The van der Waals surface area contributed by atoms with Crippen molar-refractivity contribution in [3.05, 3.63) is 0 Å². The monoisotopic (exact) mass is 230 g/mol. The molecule has 0 rings (SSSR count). The molecule has 0 saturated heterocycles. The summed E-state index contributed by atoms with van der Waals surface area (Å²) in [4.78, 5) is 2.38. The fourth-order valence-corrected chi connectivity index (χ4v) is 1.77. The third-order valence-electron chi connectivity index (χ3n) is 2.57. The van der Waals surface area contributed by atoms with E-state index in [4.69, 9.17) is 16.9 Å². The van der Waals surface area contributed by atoms with Crippen molar-refractivity contribution in [2.75, 3.05) is 19.0 Å². The van der Waals surface area contributed by atoms with Crippen molar-refractivity contribution in [2.24, 2.45) is 0 Å². The predicted molar refractivity (Wildman–Crippen MR) is 66.1 cm³/mol. The molecule has 0 aromatic carbocycles. The quantitative estimate of drug-likeness (QED) is 0.448. The molecule has 0 atom stereocenters. The van der Waals surface area contributed by atoms with Gasteiger partial charge in [0.15, 0.2) is 0 Å². The van der Waals surface area contributed by atoms with Crippen molar-refractivity contribution >= 4 is 11.6 Å². The highest BCUT2D eigenvalue weighted by Gasteiger charge is 2.07. The van der Waals surface area contributed by atoms with Crippen LogP contribution >= 0.6 is 11.6 Å². The first kappa shape index (κ1) is 14.7. The van der Waals surface area contributed by atoms with Crippen LogP contribution in [0.2, 0.25) is 0 Å². The maximum atomic E-state index is 8.55. The summed E-state index contributed by atoms with van der Waals surface area (Å²) in [6.45, 7) is 6.40. The Balaban J connectivity index is 3.53. The maximum Gasteiger partial charge on any atom is 0.0635 e. The molecule has 0 aromatic rings. The number of hydrogen-bond donors (Lipinski definition) is 0. The summed E-state index contributed by atoms with van der Waals surface area (Å²) in [5.74, 6) is 0.780. The Labute approximate surface area is 99.2 Å². The van der Waals surface area contributed by atoms with Crippen molar-refractivity contribution < 1.29 is 0 Å². The molecule has 0 aliphatic heterocycles. The summed E-state index contributed by atoms with van der Waals surface area (Å²) >= 11 is 5.62. The van der Waals surface area contributed by atoms with Crippen LogP contribution in [0.25, 0.3) is 0 Å². The number of halogens is 1. The second-order valence-electron chi connectivity index (χ2n) is 4.14. The molecule has 0 aliphatic carbocycles. The minimum atomic E-state index is 0.548. The fraction of sp³-hybridized carbons (Fsp3) is 0.917. The highest BCUT2D eigenvalue weighted by molar-refractivity contribution is 6.17. The van der Waals surface area contributed by atoms with E-state index in [0.717, 1.165) is 25.4 Å². The third-order valence-corrected chi connectivity index (χ3v) is 2.84. The molecule has 0 aliphatic rings. The fourth-order valence-electron chi connectivity index (χ4n) is 1.58. The third kappa shape index (κ3) is 8.72. The molecule has 0 bridgehead atoms. The van der Waals surface area contributed by atoms with Crippen LogP contribution in [0, 0.1) is 11.3 Å². The predicted octanol–water partition coefficient (Wildman–Crippen LogP) is 3.41. The van der Waals surface area contributed by atoms with E-state index in [0.29, 0.717) is 12.5 Å². The van der Waals surface area contributed by atoms with Crippen molar-refractivity contribution in [2.45, 2.75) is 52.0 Å². The summed E-state index contributed by atoms with van der Waals surface area (Å²) < 4.78 is 0. The lowest BCUT2D eigenvalue weighted by Crippen LogP contribution is -2.32. The van der Waals surface area contributed by atoms with Gasteiger partial charge in [-0.25, -0.2) is 0 Å². The van der Waals surface area contributed by atoms with Crippen molar-refractivity contribution in [3.8, 4) is 6.07 Å². The summed E-state index contributed by atoms with van der Waals surface area (Å²) in [5, 5.41) is 8.55. The van der Waals surface area contributed by atoms with Crippen LogP contribution in [0.4, 0.5) is 0 Å². The Kier molecular flexibility index (Phi) is 10.1. The number of rotatable bonds is 9. The van der Waals surface area contributed by atoms with Gasteiger partial charge in [0.2, 0.25) is 0 Å². The lowest BCUT2D eigenvalue weighted by Gasteiger charge is -2.25. The van der Waals surface area contributed by atoms with E-state index in [9.17, 15) is 0 Å². The number of nitrogens with zero attached hydrogens (tertiary/aromatic N) is 2. The van der Waals surface area contributed by atoms with Gasteiger partial charge in [-0.2, -0.15) is 5.26 Å². The van der Waals surface area contributed by atoms with Gasteiger partial charge < -0.3 is 0 Å². The first-order valence-electron chi connectivity index (χ1n) is 5.89. The average Bonchev–Trinajstić information content (AvgIpc) is 2.21. The van der Waals surface area contributed by atoms with E-state index in [1.807, 2.05) is 0 Å². The number of unbranched alkanes of at least 4 members (excludes halogenated alkanes) is 3. The van der Waals surface area contributed by atoms with Crippen molar-refractivity contribution in [1.82, 2.24) is 4.90 Å². The second-order valence-corrected chi connectivity index (χ2v) is 4.52. The van der Waals surface area contributed by atoms with Gasteiger partial charge in [-0.1, -0.05) is 12.8 Å². The molecular formula is C12H23ClN2. The van der Waals surface area contributed by atoms with Gasteiger partial charge in [0.25, 0.3) is 0 Å². The number of nitriles is 1. The van der Waals surface area contributed by atoms with E-state index >= 15 is 0 Å². The highest BCUT2D eigenvalue weighted by atomic mass is 35.5. The van der Waals surface area contributed by atoms with Gasteiger partial charge in [-0.05, 0) is 33.2 Å². The smallest absolute Gasteiger partial charge is 0.0635 e. The molecule has 0 spiro atoms. The van der Waals surface area contributed by atoms with Crippen LogP contribution in [0.3, 0.4) is 0 Å². The lowest BCUT2D eigenvalue weighted by molar-refractivity contribution is 0.221. The van der Waals surface area contributed by atoms with Crippen LogP contribution in [0.5, 0.6) is 0 Å². The van der Waals surface area contributed by atoms with E-state index in [-0.39, 0.29) is 0 Å². The molecule has 0 heterocycles. The van der Waals surface area contributed by atoms with Crippen molar-refractivity contribution in [1.29, 1.82) is 5.26 Å². The van der Waals surface area contributed by atoms with E-state index in [1.165, 1.54) is 19.3 Å². The molecule has 0 unspecified atom stereocenters. The zero-order valence-electron chi connectivity index (χ0n) is 10.0. The molecule has 0 saturated carbocycles. The molecule has 0 radical (unpaired) electrons. The Morgan fingerprint density at radius 2 is 1.80 bits per heavy atom. The van der Waals surface area contributed by atoms with Crippen molar-refractivity contribution in [3.63, 3.8) is 0 Å². The minimum absolute atomic E-state index is 0.548. The van der Waals surface area contributed by atoms with Gasteiger partial charge in [0.05, 0.1) is 6.07 Å². The molecule has 2 nitrogen and oxygen atoms in total. The Morgan fingerprint density at radius 1 is 1.13 bits per heavy atom. The van der Waals surface area contributed by atoms with Gasteiger partial charge in [0, 0.05) is 24.9 Å². The van der Waals surface area contributed by atoms with Crippen LogP contribution < -0.4 is 0 Å². The average molecular weight is 231 g/mol. The van der Waals surface area contributed by atoms with Crippen LogP contribution in [-0.2, 0) is 0 Å². The largest absolute Gasteiger partial charge is 0.300 e. The zero-order chi connectivity index (χ0) is 11.5. The molecule has 3 heteroatoms. The second kappa shape index (κ2) is 10.3. The first-order chi connectivity index (χ1) is 7.22. The molecular weight excluding hydrogens is 208 g/mol. The van der Waals surface area contributed by atoms with Gasteiger partial charge in [0.1, 0.15) is 0 Å². The molecule has 0 amide bonds. The Hall–Kier alpha value is -0.260. The molecule has 15 heavy (non-hydrogen) atoms. The summed E-state index contributed by atoms with van der Waals surface area (Å²) in [6, 6.07) is 2.75. The van der Waals surface area contributed by atoms with Gasteiger partial charge in [-0.15, -0.1) is 11.6 Å². The zero-order valence-corrected chi connectivity index (χ0v) is 10.8. The summed E-state index contributed by atoms with van der Waals surface area (Å²) in [5.41, 5.74) is 0. The molecule has 88 valence electrons. The highest BCUT2D eigenvalue weighted by Crippen LogP contribution is 2.06. The summed E-state index contributed by atoms with van der Waals surface area (Å²) in [7, 11) is 0. The molecule has 0 N–H and O–H groups in total. The lowest BCUT2D eigenvalue weighted by atomic mass is 10.2. The Bertz CT molecular complexity index is 175. The van der Waals surface area contributed by atoms with Gasteiger partial charge in [-0.3, -0.25) is 4.90 Å². The van der Waals surface area contributed by atoms with E-state index in [2.05, 4.69) is 24.8 Å². The normalized spacial score (nSPS) is 10.9. The number of hydrogen-bond acceptors (Lipinski definition) is 2. The molecule has 0 fully saturated rings. The van der Waals surface area contributed by atoms with Gasteiger partial charge >= 0.3 is 0 Å². The van der Waals surface area contributed by atoms with E-state index in [1.54, 1.807) is 0 Å². The van der Waals surface area contributed by atoms with Crippen LogP contribution in [-0.4, -0.2) is 29.9 Å². The standard InChI is InChI=1S/C12H23ClN2/c1-12(2)15(11-7-9-14)10-6-4-3-5-8-13/h12H,3-8,10-11H2,1-2H3. The minimum Gasteiger partial charge on any atom is -0.300 e. The number of alkyl halides is 1. The Morgan fingerprint density at radius 3 is 2.33 bits per heavy atom. The maximum absolute atomic E-state index is 8.55. The topological polar surface area (TPSA) is 27.0 Å². The van der Waals surface area contributed by atoms with Crippen LogP contribution in [0.1, 0.15) is 46.0 Å². The SMILES string of the molecule is CC(C)N(CCC#N)CCCCCCCl. The molecule has 0 aromatic heterocycles.